The molecule has 0 spiro atoms. The number of nitriles is 1. The molecule has 1 aromatic rings. The van der Waals surface area contributed by atoms with Crippen LogP contribution >= 0.6 is 0 Å². The second kappa shape index (κ2) is 5.73. The van der Waals surface area contributed by atoms with Gasteiger partial charge in [0.2, 0.25) is 0 Å². The average molecular weight is 246 g/mol. The highest BCUT2D eigenvalue weighted by Crippen LogP contribution is 2.19. The van der Waals surface area contributed by atoms with E-state index in [4.69, 9.17) is 5.26 Å². The molecule has 0 heterocycles. The second-order valence-corrected chi connectivity index (χ2v) is 3.49. The van der Waals surface area contributed by atoms with Gasteiger partial charge in [-0.05, 0) is 26.0 Å². The number of anilines is 1. The monoisotopic (exact) mass is 246 g/mol. The fourth-order valence-corrected chi connectivity index (χ4v) is 1.42. The zero-order valence-electron chi connectivity index (χ0n) is 9.95. The van der Waals surface area contributed by atoms with Gasteiger partial charge in [-0.1, -0.05) is 12.1 Å². The molecule has 0 fully saturated rings. The molecule has 0 atom stereocenters. The number of amides is 1. The molecule has 1 rings (SSSR count). The predicted octanol–water partition coefficient (Wildman–Crippen LogP) is 2.17. The molecule has 18 heavy (non-hydrogen) atoms. The Morgan fingerprint density at radius 3 is 2.61 bits per heavy atom. The number of hydrogen-bond acceptors (Lipinski definition) is 3. The van der Waals surface area contributed by atoms with E-state index in [0.717, 1.165) is 6.07 Å². The summed E-state index contributed by atoms with van der Waals surface area (Å²) in [7, 11) is 0. The molecule has 1 amide bonds. The van der Waals surface area contributed by atoms with Gasteiger partial charge in [0.25, 0.3) is 5.91 Å². The Morgan fingerprint density at radius 2 is 2.11 bits per heavy atom. The van der Waals surface area contributed by atoms with E-state index >= 15 is 0 Å². The van der Waals surface area contributed by atoms with Crippen molar-refractivity contribution in [3.8, 4) is 6.07 Å². The first-order valence-electron chi connectivity index (χ1n) is 5.18. The standard InChI is InChI=1S/C13H11FN2O2/c1-3-10(8(2)17)13(18)16-12-9(7-15)5-4-6-11(12)14/h3-6H,1-2H3,(H,16,18)/b10-3+. The molecule has 0 bridgehead atoms. The highest BCUT2D eigenvalue weighted by molar-refractivity contribution is 6.22. The smallest absolute Gasteiger partial charge is 0.259 e. The molecule has 4 nitrogen and oxygen atoms in total. The first-order chi connectivity index (χ1) is 8.51. The van der Waals surface area contributed by atoms with Crippen molar-refractivity contribution in [2.24, 2.45) is 0 Å². The van der Waals surface area contributed by atoms with Gasteiger partial charge in [0, 0.05) is 0 Å². The molecule has 0 unspecified atom stereocenters. The Labute approximate surface area is 104 Å². The number of carbonyl (C=O) groups is 2. The summed E-state index contributed by atoms with van der Waals surface area (Å²) in [6, 6.07) is 5.64. The number of rotatable bonds is 3. The van der Waals surface area contributed by atoms with Gasteiger partial charge in [-0.25, -0.2) is 4.39 Å². The van der Waals surface area contributed by atoms with Crippen LogP contribution in [0.1, 0.15) is 19.4 Å². The third-order valence-electron chi connectivity index (χ3n) is 2.29. The van der Waals surface area contributed by atoms with Crippen LogP contribution in [0.15, 0.2) is 29.8 Å². The minimum Gasteiger partial charge on any atom is -0.318 e. The molecular formula is C13H11FN2O2. The predicted molar refractivity (Wildman–Crippen MR) is 64.2 cm³/mol. The van der Waals surface area contributed by atoms with Gasteiger partial charge in [0.05, 0.1) is 16.8 Å². The highest BCUT2D eigenvalue weighted by Gasteiger charge is 2.17. The zero-order valence-corrected chi connectivity index (χ0v) is 9.95. The molecule has 0 saturated carbocycles. The number of ketones is 1. The first kappa shape index (κ1) is 13.6. The molecule has 5 heteroatoms. The number of nitrogens with one attached hydrogen (secondary N) is 1. The fraction of sp³-hybridized carbons (Fsp3) is 0.154. The van der Waals surface area contributed by atoms with Crippen LogP contribution in [-0.2, 0) is 9.59 Å². The minimum atomic E-state index is -0.730. The number of Topliss-reactive ketones (excluding diaryl/α,β-unsaturated/α-hetero) is 1. The van der Waals surface area contributed by atoms with Gasteiger partial charge < -0.3 is 5.32 Å². The number of halogens is 1. The summed E-state index contributed by atoms with van der Waals surface area (Å²) in [5.74, 6) is -1.88. The fourth-order valence-electron chi connectivity index (χ4n) is 1.42. The minimum absolute atomic E-state index is 0.00218. The number of para-hydroxylation sites is 1. The van der Waals surface area contributed by atoms with E-state index in [1.807, 2.05) is 0 Å². The van der Waals surface area contributed by atoms with E-state index in [-0.39, 0.29) is 16.8 Å². The van der Waals surface area contributed by atoms with E-state index in [2.05, 4.69) is 5.32 Å². The lowest BCUT2D eigenvalue weighted by Crippen LogP contribution is -2.20. The Balaban J connectivity index is 3.10. The van der Waals surface area contributed by atoms with Crippen LogP contribution in [-0.4, -0.2) is 11.7 Å². The first-order valence-corrected chi connectivity index (χ1v) is 5.18. The maximum atomic E-state index is 13.5. The lowest BCUT2D eigenvalue weighted by atomic mass is 10.1. The van der Waals surface area contributed by atoms with Gasteiger partial charge >= 0.3 is 0 Å². The van der Waals surface area contributed by atoms with Crippen LogP contribution in [0.3, 0.4) is 0 Å². The van der Waals surface area contributed by atoms with Crippen LogP contribution in [0.5, 0.6) is 0 Å². The van der Waals surface area contributed by atoms with E-state index < -0.39 is 17.5 Å². The maximum absolute atomic E-state index is 13.5. The number of carbonyl (C=O) groups excluding carboxylic acids is 2. The normalized spacial score (nSPS) is 10.7. The van der Waals surface area contributed by atoms with E-state index in [1.165, 1.54) is 32.1 Å². The molecule has 0 radical (unpaired) electrons. The molecule has 0 aliphatic rings. The van der Waals surface area contributed by atoms with Gasteiger partial charge in [0.1, 0.15) is 11.9 Å². The molecular weight excluding hydrogens is 235 g/mol. The summed E-state index contributed by atoms with van der Waals surface area (Å²) in [6.07, 6.45) is 1.34. The van der Waals surface area contributed by atoms with Crippen molar-refractivity contribution in [1.29, 1.82) is 5.26 Å². The van der Waals surface area contributed by atoms with Crippen LogP contribution in [0, 0.1) is 17.1 Å². The summed E-state index contributed by atoms with van der Waals surface area (Å²) in [6.45, 7) is 2.77. The summed E-state index contributed by atoms with van der Waals surface area (Å²) >= 11 is 0. The van der Waals surface area contributed by atoms with Crippen molar-refractivity contribution in [1.82, 2.24) is 0 Å². The number of benzene rings is 1. The topological polar surface area (TPSA) is 70.0 Å². The van der Waals surface area contributed by atoms with Crippen LogP contribution in [0.2, 0.25) is 0 Å². The van der Waals surface area contributed by atoms with E-state index in [1.54, 1.807) is 6.07 Å². The third-order valence-corrected chi connectivity index (χ3v) is 2.29. The van der Waals surface area contributed by atoms with Crippen molar-refractivity contribution >= 4 is 17.4 Å². The van der Waals surface area contributed by atoms with Crippen LogP contribution < -0.4 is 5.32 Å². The van der Waals surface area contributed by atoms with Crippen molar-refractivity contribution in [3.63, 3.8) is 0 Å². The van der Waals surface area contributed by atoms with E-state index in [9.17, 15) is 14.0 Å². The van der Waals surface area contributed by atoms with Gasteiger partial charge in [-0.15, -0.1) is 0 Å². The Hall–Kier alpha value is -2.48. The van der Waals surface area contributed by atoms with Crippen molar-refractivity contribution < 1.29 is 14.0 Å². The SMILES string of the molecule is C/C=C(\C(C)=O)C(=O)Nc1c(F)cccc1C#N. The summed E-state index contributed by atoms with van der Waals surface area (Å²) in [5, 5.41) is 11.0. The largest absolute Gasteiger partial charge is 0.318 e. The lowest BCUT2D eigenvalue weighted by molar-refractivity contribution is -0.118. The zero-order chi connectivity index (χ0) is 13.7. The molecule has 1 aromatic carbocycles. The highest BCUT2D eigenvalue weighted by atomic mass is 19.1. The maximum Gasteiger partial charge on any atom is 0.259 e. The summed E-state index contributed by atoms with van der Waals surface area (Å²) in [4.78, 5) is 22.9. The molecule has 92 valence electrons. The Bertz CT molecular complexity index is 571. The van der Waals surface area contributed by atoms with Crippen molar-refractivity contribution in [2.45, 2.75) is 13.8 Å². The van der Waals surface area contributed by atoms with E-state index in [0.29, 0.717) is 0 Å². The molecule has 0 saturated heterocycles. The Morgan fingerprint density at radius 1 is 1.44 bits per heavy atom. The van der Waals surface area contributed by atoms with Gasteiger partial charge in [-0.3, -0.25) is 9.59 Å². The summed E-state index contributed by atoms with van der Waals surface area (Å²) < 4.78 is 13.5. The molecule has 0 aliphatic carbocycles. The average Bonchev–Trinajstić information content (AvgIpc) is 2.32. The van der Waals surface area contributed by atoms with Crippen molar-refractivity contribution in [3.05, 3.63) is 41.2 Å². The second-order valence-electron chi connectivity index (χ2n) is 3.49. The molecule has 1 N–H and O–H groups in total. The number of nitrogens with zero attached hydrogens (tertiary/aromatic N) is 1. The molecule has 0 aliphatic heterocycles. The quantitative estimate of drug-likeness (QED) is 0.504. The number of allylic oxidation sites excluding steroid dienone is 1. The Kier molecular flexibility index (Phi) is 4.33. The number of hydrogen-bond donors (Lipinski definition) is 1. The lowest BCUT2D eigenvalue weighted by Gasteiger charge is -2.08. The summed E-state index contributed by atoms with van der Waals surface area (Å²) in [5.41, 5.74) is -0.296. The third kappa shape index (κ3) is 2.80. The molecule has 0 aromatic heterocycles. The van der Waals surface area contributed by atoms with Gasteiger partial charge in [-0.2, -0.15) is 5.26 Å². The van der Waals surface area contributed by atoms with Crippen molar-refractivity contribution in [2.75, 3.05) is 5.32 Å². The van der Waals surface area contributed by atoms with Crippen LogP contribution in [0.4, 0.5) is 10.1 Å². The van der Waals surface area contributed by atoms with Crippen LogP contribution in [0.25, 0.3) is 0 Å². The van der Waals surface area contributed by atoms with Gasteiger partial charge in [0.15, 0.2) is 5.78 Å².